The van der Waals surface area contributed by atoms with Crippen molar-refractivity contribution in [2.75, 3.05) is 20.7 Å². The molecule has 0 aliphatic carbocycles. The third-order valence-electron chi connectivity index (χ3n) is 4.32. The molecule has 2 saturated heterocycles. The zero-order chi connectivity index (χ0) is 15.4. The van der Waals surface area contributed by atoms with Crippen molar-refractivity contribution in [3.63, 3.8) is 0 Å². The number of nitrogens with zero attached hydrogens (tertiary/aromatic N) is 2. The lowest BCUT2D eigenvalue weighted by atomic mass is 9.96. The Kier molecular flexibility index (Phi) is 6.88. The van der Waals surface area contributed by atoms with E-state index in [1.165, 1.54) is 6.42 Å². The number of aromatic nitrogens is 1. The predicted octanol–water partition coefficient (Wildman–Crippen LogP) is 1.74. The first-order valence-electron chi connectivity index (χ1n) is 7.91. The molecule has 3 atom stereocenters. The summed E-state index contributed by atoms with van der Waals surface area (Å²) in [7, 11) is 3.43. The smallest absolute Gasteiger partial charge is 0.213 e. The Bertz CT molecular complexity index is 541. The van der Waals surface area contributed by atoms with Gasteiger partial charge >= 0.3 is 0 Å². The molecule has 3 unspecified atom stereocenters. The number of aliphatic imine (C=N–C) groups is 1. The number of guanidine groups is 1. The van der Waals surface area contributed by atoms with Crippen molar-refractivity contribution in [3.8, 4) is 5.88 Å². The van der Waals surface area contributed by atoms with Crippen LogP contribution in [-0.4, -0.2) is 49.9 Å². The molecular weight excluding hydrogens is 407 g/mol. The quantitative estimate of drug-likeness (QED) is 0.422. The SMILES string of the molecule is CN=C(NCCc1cccc(OC)n1)NC1CC2CCC1O2.I. The third-order valence-corrected chi connectivity index (χ3v) is 4.32. The fourth-order valence-corrected chi connectivity index (χ4v) is 3.18. The van der Waals surface area contributed by atoms with Gasteiger partial charge in [0.05, 0.1) is 25.4 Å². The molecule has 6 nitrogen and oxygen atoms in total. The van der Waals surface area contributed by atoms with Gasteiger partial charge in [0.2, 0.25) is 5.88 Å². The van der Waals surface area contributed by atoms with E-state index < -0.39 is 0 Å². The van der Waals surface area contributed by atoms with Gasteiger partial charge in [-0.3, -0.25) is 4.99 Å². The monoisotopic (exact) mass is 432 g/mol. The van der Waals surface area contributed by atoms with Crippen molar-refractivity contribution in [2.24, 2.45) is 4.99 Å². The lowest BCUT2D eigenvalue weighted by molar-refractivity contribution is 0.0992. The summed E-state index contributed by atoms with van der Waals surface area (Å²) >= 11 is 0. The fourth-order valence-electron chi connectivity index (χ4n) is 3.18. The number of hydrogen-bond donors (Lipinski definition) is 2. The van der Waals surface area contributed by atoms with Crippen molar-refractivity contribution >= 4 is 29.9 Å². The lowest BCUT2D eigenvalue weighted by Crippen LogP contribution is -2.47. The highest BCUT2D eigenvalue weighted by atomic mass is 127. The average molecular weight is 432 g/mol. The predicted molar refractivity (Wildman–Crippen MR) is 101 cm³/mol. The van der Waals surface area contributed by atoms with Gasteiger partial charge in [-0.05, 0) is 25.3 Å². The number of pyridine rings is 1. The molecule has 2 aliphatic heterocycles. The van der Waals surface area contributed by atoms with E-state index in [9.17, 15) is 0 Å². The molecule has 0 aromatic carbocycles. The van der Waals surface area contributed by atoms with E-state index in [1.54, 1.807) is 14.2 Å². The van der Waals surface area contributed by atoms with Gasteiger partial charge < -0.3 is 20.1 Å². The summed E-state index contributed by atoms with van der Waals surface area (Å²) in [6, 6.07) is 6.21. The normalized spacial score (nSPS) is 25.8. The molecule has 2 fully saturated rings. The van der Waals surface area contributed by atoms with Gasteiger partial charge in [0, 0.05) is 31.8 Å². The van der Waals surface area contributed by atoms with Crippen molar-refractivity contribution in [1.82, 2.24) is 15.6 Å². The molecule has 0 spiro atoms. The first-order valence-corrected chi connectivity index (χ1v) is 7.91. The van der Waals surface area contributed by atoms with E-state index in [0.717, 1.165) is 37.5 Å². The number of nitrogens with one attached hydrogen (secondary N) is 2. The Labute approximate surface area is 154 Å². The Morgan fingerprint density at radius 2 is 2.30 bits per heavy atom. The second kappa shape index (κ2) is 8.68. The van der Waals surface area contributed by atoms with Gasteiger partial charge in [-0.15, -0.1) is 24.0 Å². The van der Waals surface area contributed by atoms with E-state index in [0.29, 0.717) is 24.1 Å². The number of methoxy groups -OCH3 is 1. The van der Waals surface area contributed by atoms with Gasteiger partial charge in [0.1, 0.15) is 0 Å². The van der Waals surface area contributed by atoms with Crippen molar-refractivity contribution in [3.05, 3.63) is 23.9 Å². The average Bonchev–Trinajstić information content (AvgIpc) is 3.17. The van der Waals surface area contributed by atoms with Crippen molar-refractivity contribution in [1.29, 1.82) is 0 Å². The summed E-state index contributed by atoms with van der Waals surface area (Å²) < 4.78 is 11.0. The number of halogens is 1. The van der Waals surface area contributed by atoms with Crippen LogP contribution in [0.4, 0.5) is 0 Å². The Morgan fingerprint density at radius 3 is 2.96 bits per heavy atom. The first kappa shape index (κ1) is 18.3. The molecule has 2 aliphatic rings. The molecule has 128 valence electrons. The second-order valence-electron chi connectivity index (χ2n) is 5.78. The zero-order valence-corrected chi connectivity index (χ0v) is 15.9. The molecule has 2 bridgehead atoms. The Morgan fingerprint density at radius 1 is 1.43 bits per heavy atom. The van der Waals surface area contributed by atoms with E-state index in [4.69, 9.17) is 9.47 Å². The van der Waals surface area contributed by atoms with Crippen LogP contribution in [0.5, 0.6) is 5.88 Å². The van der Waals surface area contributed by atoms with E-state index >= 15 is 0 Å². The Hall–Kier alpha value is -1.09. The van der Waals surface area contributed by atoms with Crippen molar-refractivity contribution in [2.45, 2.75) is 43.9 Å². The molecule has 0 saturated carbocycles. The van der Waals surface area contributed by atoms with E-state index in [-0.39, 0.29) is 24.0 Å². The molecule has 2 N–H and O–H groups in total. The highest BCUT2D eigenvalue weighted by Gasteiger charge is 2.41. The summed E-state index contributed by atoms with van der Waals surface area (Å²) in [5, 5.41) is 6.82. The van der Waals surface area contributed by atoms with Crippen LogP contribution in [0.3, 0.4) is 0 Å². The molecule has 0 amide bonds. The summed E-state index contributed by atoms with van der Waals surface area (Å²) in [6.45, 7) is 0.779. The number of fused-ring (bicyclic) bond motifs is 2. The minimum Gasteiger partial charge on any atom is -0.481 e. The maximum atomic E-state index is 5.86. The molecular formula is C16H25IN4O2. The maximum absolute atomic E-state index is 5.86. The van der Waals surface area contributed by atoms with Crippen LogP contribution in [0.15, 0.2) is 23.2 Å². The molecule has 3 rings (SSSR count). The molecule has 7 heteroatoms. The van der Waals surface area contributed by atoms with Crippen LogP contribution in [0.2, 0.25) is 0 Å². The Balaban J connectivity index is 0.00000192. The third kappa shape index (κ3) is 4.69. The number of hydrogen-bond acceptors (Lipinski definition) is 4. The van der Waals surface area contributed by atoms with Crippen LogP contribution in [0.1, 0.15) is 25.0 Å². The molecule has 0 radical (unpaired) electrons. The largest absolute Gasteiger partial charge is 0.481 e. The standard InChI is InChI=1S/C16H24N4O2.HI/c1-17-16(20-13-10-12-6-7-14(13)22-12)18-9-8-11-4-3-5-15(19-11)21-2;/h3-5,12-14H,6-10H2,1-2H3,(H2,17,18,20);1H. The van der Waals surface area contributed by atoms with E-state index in [2.05, 4.69) is 20.6 Å². The van der Waals surface area contributed by atoms with Gasteiger partial charge in [-0.1, -0.05) is 6.07 Å². The van der Waals surface area contributed by atoms with Crippen LogP contribution in [0, 0.1) is 0 Å². The van der Waals surface area contributed by atoms with Crippen molar-refractivity contribution < 1.29 is 9.47 Å². The summed E-state index contributed by atoms with van der Waals surface area (Å²) in [5.74, 6) is 1.49. The number of ether oxygens (including phenoxy) is 2. The highest BCUT2D eigenvalue weighted by Crippen LogP contribution is 2.34. The molecule has 1 aromatic rings. The zero-order valence-electron chi connectivity index (χ0n) is 13.6. The van der Waals surface area contributed by atoms with Crippen LogP contribution in [0.25, 0.3) is 0 Å². The second-order valence-corrected chi connectivity index (χ2v) is 5.78. The molecule has 1 aromatic heterocycles. The number of rotatable bonds is 5. The summed E-state index contributed by atoms with van der Waals surface area (Å²) in [4.78, 5) is 8.70. The topological polar surface area (TPSA) is 67.8 Å². The summed E-state index contributed by atoms with van der Waals surface area (Å²) in [5.41, 5.74) is 1.01. The van der Waals surface area contributed by atoms with Crippen LogP contribution >= 0.6 is 24.0 Å². The van der Waals surface area contributed by atoms with Gasteiger partial charge in [-0.25, -0.2) is 4.98 Å². The fraction of sp³-hybridized carbons (Fsp3) is 0.625. The van der Waals surface area contributed by atoms with Crippen LogP contribution < -0.4 is 15.4 Å². The highest BCUT2D eigenvalue weighted by molar-refractivity contribution is 14.0. The van der Waals surface area contributed by atoms with Crippen LogP contribution in [-0.2, 0) is 11.2 Å². The van der Waals surface area contributed by atoms with Gasteiger partial charge in [-0.2, -0.15) is 0 Å². The summed E-state index contributed by atoms with van der Waals surface area (Å²) in [6.07, 6.45) is 5.07. The van der Waals surface area contributed by atoms with E-state index in [1.807, 2.05) is 18.2 Å². The lowest BCUT2D eigenvalue weighted by Gasteiger charge is -2.22. The molecule has 3 heterocycles. The minimum absolute atomic E-state index is 0. The first-order chi connectivity index (χ1) is 10.8. The maximum Gasteiger partial charge on any atom is 0.213 e. The van der Waals surface area contributed by atoms with Gasteiger partial charge in [0.25, 0.3) is 0 Å². The molecule has 23 heavy (non-hydrogen) atoms. The van der Waals surface area contributed by atoms with Gasteiger partial charge in [0.15, 0.2) is 5.96 Å². The minimum atomic E-state index is 0.